The molecule has 1 heterocycles. The zero-order valence-corrected chi connectivity index (χ0v) is 11.0. The number of hydrogen-bond acceptors (Lipinski definition) is 3. The third kappa shape index (κ3) is 3.54. The van der Waals surface area contributed by atoms with Gasteiger partial charge >= 0.3 is 0 Å². The maximum absolute atomic E-state index is 13.5. The highest BCUT2D eigenvalue weighted by Gasteiger charge is 2.11. The van der Waals surface area contributed by atoms with Gasteiger partial charge in [-0.25, -0.2) is 4.39 Å². The summed E-state index contributed by atoms with van der Waals surface area (Å²) in [6.07, 6.45) is 0.0624. The Hall–Kier alpha value is -1.88. The van der Waals surface area contributed by atoms with Crippen molar-refractivity contribution in [2.24, 2.45) is 0 Å². The first-order valence-corrected chi connectivity index (χ1v) is 6.06. The summed E-state index contributed by atoms with van der Waals surface area (Å²) in [6, 6.07) is 6.06. The highest BCUT2D eigenvalue weighted by atomic mass is 35.5. The normalized spacial score (nSPS) is 10.5. The SMILES string of the molecule is Cc1cc(CC(=O)NCc2c(F)cccc2Cl)on1. The van der Waals surface area contributed by atoms with E-state index in [1.54, 1.807) is 19.1 Å². The van der Waals surface area contributed by atoms with Crippen molar-refractivity contribution in [2.75, 3.05) is 0 Å². The number of amides is 1. The number of carbonyl (C=O) groups excluding carboxylic acids is 1. The lowest BCUT2D eigenvalue weighted by molar-refractivity contribution is -0.120. The molecule has 1 N–H and O–H groups in total. The average Bonchev–Trinajstić information content (AvgIpc) is 2.74. The summed E-state index contributed by atoms with van der Waals surface area (Å²) in [5.41, 5.74) is 0.978. The molecule has 19 heavy (non-hydrogen) atoms. The van der Waals surface area contributed by atoms with Crippen LogP contribution < -0.4 is 5.32 Å². The van der Waals surface area contributed by atoms with Gasteiger partial charge in [-0.2, -0.15) is 0 Å². The first kappa shape index (κ1) is 13.5. The van der Waals surface area contributed by atoms with Crippen molar-refractivity contribution >= 4 is 17.5 Å². The summed E-state index contributed by atoms with van der Waals surface area (Å²) in [7, 11) is 0. The third-order valence-corrected chi connectivity index (χ3v) is 2.89. The molecule has 2 aromatic rings. The van der Waals surface area contributed by atoms with Crippen LogP contribution in [-0.4, -0.2) is 11.1 Å². The van der Waals surface area contributed by atoms with Crippen LogP contribution in [0.25, 0.3) is 0 Å². The highest BCUT2D eigenvalue weighted by Crippen LogP contribution is 2.18. The molecule has 0 fully saturated rings. The molecule has 0 aliphatic rings. The van der Waals surface area contributed by atoms with Gasteiger partial charge in [-0.05, 0) is 19.1 Å². The van der Waals surface area contributed by atoms with Crippen molar-refractivity contribution in [3.8, 4) is 0 Å². The minimum Gasteiger partial charge on any atom is -0.361 e. The van der Waals surface area contributed by atoms with Crippen molar-refractivity contribution in [1.29, 1.82) is 0 Å². The minimum absolute atomic E-state index is 0.0391. The number of benzene rings is 1. The van der Waals surface area contributed by atoms with Gasteiger partial charge in [-0.15, -0.1) is 0 Å². The fourth-order valence-corrected chi connectivity index (χ4v) is 1.84. The maximum atomic E-state index is 13.5. The summed E-state index contributed by atoms with van der Waals surface area (Å²) in [5, 5.41) is 6.56. The Kier molecular flexibility index (Phi) is 4.16. The molecule has 0 saturated heterocycles. The first-order chi connectivity index (χ1) is 9.06. The molecular formula is C13H12ClFN2O2. The quantitative estimate of drug-likeness (QED) is 0.938. The van der Waals surface area contributed by atoms with E-state index in [1.165, 1.54) is 12.1 Å². The lowest BCUT2D eigenvalue weighted by atomic mass is 10.2. The molecule has 6 heteroatoms. The summed E-state index contributed by atoms with van der Waals surface area (Å²) in [4.78, 5) is 11.7. The van der Waals surface area contributed by atoms with Crippen LogP contribution in [-0.2, 0) is 17.8 Å². The predicted octanol–water partition coefficient (Wildman–Crippen LogP) is 2.63. The molecular weight excluding hydrogens is 271 g/mol. The Morgan fingerprint density at radius 2 is 2.32 bits per heavy atom. The number of aryl methyl sites for hydroxylation is 1. The van der Waals surface area contributed by atoms with Crippen LogP contribution in [0.2, 0.25) is 5.02 Å². The van der Waals surface area contributed by atoms with Crippen molar-refractivity contribution in [3.63, 3.8) is 0 Å². The summed E-state index contributed by atoms with van der Waals surface area (Å²) < 4.78 is 18.4. The standard InChI is InChI=1S/C13H12ClFN2O2/c1-8-5-9(19-17-8)6-13(18)16-7-10-11(14)3-2-4-12(10)15/h2-5H,6-7H2,1H3,(H,16,18). The van der Waals surface area contributed by atoms with E-state index in [2.05, 4.69) is 10.5 Å². The van der Waals surface area contributed by atoms with E-state index in [-0.39, 0.29) is 29.5 Å². The van der Waals surface area contributed by atoms with Crippen molar-refractivity contribution in [3.05, 3.63) is 52.1 Å². The van der Waals surface area contributed by atoms with Crippen LogP contribution >= 0.6 is 11.6 Å². The zero-order chi connectivity index (χ0) is 13.8. The summed E-state index contributed by atoms with van der Waals surface area (Å²) >= 11 is 5.86. The van der Waals surface area contributed by atoms with Crippen molar-refractivity contribution < 1.29 is 13.7 Å². The molecule has 0 spiro atoms. The minimum atomic E-state index is -0.441. The molecule has 0 bridgehead atoms. The zero-order valence-electron chi connectivity index (χ0n) is 10.2. The Labute approximate surface area is 114 Å². The predicted molar refractivity (Wildman–Crippen MR) is 68.2 cm³/mol. The van der Waals surface area contributed by atoms with E-state index < -0.39 is 5.82 Å². The largest absolute Gasteiger partial charge is 0.361 e. The number of nitrogens with one attached hydrogen (secondary N) is 1. The second-order valence-electron chi connectivity index (χ2n) is 4.09. The fourth-order valence-electron chi connectivity index (χ4n) is 1.61. The number of hydrogen-bond donors (Lipinski definition) is 1. The number of rotatable bonds is 4. The van der Waals surface area contributed by atoms with Gasteiger partial charge in [0.2, 0.25) is 5.91 Å². The van der Waals surface area contributed by atoms with Crippen molar-refractivity contribution in [2.45, 2.75) is 19.9 Å². The summed E-state index contributed by atoms with van der Waals surface area (Å²) in [6.45, 7) is 1.81. The monoisotopic (exact) mass is 282 g/mol. The number of nitrogens with zero attached hydrogens (tertiary/aromatic N) is 1. The molecule has 100 valence electrons. The van der Waals surface area contributed by atoms with E-state index in [9.17, 15) is 9.18 Å². The molecule has 4 nitrogen and oxygen atoms in total. The Morgan fingerprint density at radius 3 is 2.95 bits per heavy atom. The van der Waals surface area contributed by atoms with E-state index in [0.717, 1.165) is 0 Å². The Morgan fingerprint density at radius 1 is 1.53 bits per heavy atom. The molecule has 0 atom stereocenters. The van der Waals surface area contributed by atoms with Gasteiger partial charge in [-0.3, -0.25) is 4.79 Å². The van der Waals surface area contributed by atoms with Gasteiger partial charge in [0.1, 0.15) is 11.6 Å². The molecule has 0 aliphatic heterocycles. The second kappa shape index (κ2) is 5.84. The molecule has 1 aromatic carbocycles. The molecule has 0 radical (unpaired) electrons. The first-order valence-electron chi connectivity index (χ1n) is 5.68. The van der Waals surface area contributed by atoms with E-state index >= 15 is 0 Å². The van der Waals surface area contributed by atoms with E-state index in [4.69, 9.17) is 16.1 Å². The second-order valence-corrected chi connectivity index (χ2v) is 4.50. The molecule has 0 saturated carbocycles. The third-order valence-electron chi connectivity index (χ3n) is 2.54. The molecule has 2 rings (SSSR count). The van der Waals surface area contributed by atoms with Crippen LogP contribution in [0, 0.1) is 12.7 Å². The molecule has 0 unspecified atom stereocenters. The van der Waals surface area contributed by atoms with Gasteiger partial charge in [0.25, 0.3) is 0 Å². The van der Waals surface area contributed by atoms with Crippen molar-refractivity contribution in [1.82, 2.24) is 10.5 Å². The Balaban J connectivity index is 1.93. The number of aromatic nitrogens is 1. The fraction of sp³-hybridized carbons (Fsp3) is 0.231. The molecule has 0 aliphatic carbocycles. The maximum Gasteiger partial charge on any atom is 0.228 e. The average molecular weight is 283 g/mol. The number of carbonyl (C=O) groups is 1. The van der Waals surface area contributed by atoms with Gasteiger partial charge in [0.15, 0.2) is 0 Å². The van der Waals surface area contributed by atoms with E-state index in [1.807, 2.05) is 0 Å². The lowest BCUT2D eigenvalue weighted by Gasteiger charge is -2.07. The number of halogens is 2. The van der Waals surface area contributed by atoms with Crippen LogP contribution in [0.1, 0.15) is 17.0 Å². The van der Waals surface area contributed by atoms with Crippen LogP contribution in [0.15, 0.2) is 28.8 Å². The highest BCUT2D eigenvalue weighted by molar-refractivity contribution is 6.31. The van der Waals surface area contributed by atoms with Crippen LogP contribution in [0.5, 0.6) is 0 Å². The summed E-state index contributed by atoms with van der Waals surface area (Å²) in [5.74, 6) is -0.256. The van der Waals surface area contributed by atoms with Gasteiger partial charge in [0, 0.05) is 23.2 Å². The van der Waals surface area contributed by atoms with Gasteiger partial charge in [0.05, 0.1) is 12.1 Å². The van der Waals surface area contributed by atoms with Crippen LogP contribution in [0.3, 0.4) is 0 Å². The topological polar surface area (TPSA) is 55.1 Å². The van der Waals surface area contributed by atoms with Gasteiger partial charge < -0.3 is 9.84 Å². The Bertz CT molecular complexity index is 578. The van der Waals surface area contributed by atoms with Crippen LogP contribution in [0.4, 0.5) is 4.39 Å². The lowest BCUT2D eigenvalue weighted by Crippen LogP contribution is -2.25. The van der Waals surface area contributed by atoms with E-state index in [0.29, 0.717) is 11.5 Å². The van der Waals surface area contributed by atoms with Gasteiger partial charge in [-0.1, -0.05) is 22.8 Å². The smallest absolute Gasteiger partial charge is 0.228 e. The molecule has 1 aromatic heterocycles. The molecule has 1 amide bonds.